The van der Waals surface area contributed by atoms with Gasteiger partial charge in [0.15, 0.2) is 0 Å². The van der Waals surface area contributed by atoms with E-state index in [1.54, 1.807) is 12.1 Å². The normalized spacial score (nSPS) is 35.2. The van der Waals surface area contributed by atoms with Crippen LogP contribution in [0.15, 0.2) is 46.2 Å². The molecule has 2 aromatic rings. The van der Waals surface area contributed by atoms with Crippen LogP contribution in [0.1, 0.15) is 25.7 Å². The number of benzene rings is 2. The van der Waals surface area contributed by atoms with Crippen molar-refractivity contribution in [2.24, 2.45) is 11.8 Å². The third kappa shape index (κ3) is 3.31. The molecule has 2 aromatic carbocycles. The number of ether oxygens (including phenoxy) is 2. The van der Waals surface area contributed by atoms with E-state index in [2.05, 4.69) is 9.80 Å². The van der Waals surface area contributed by atoms with E-state index in [0.29, 0.717) is 33.1 Å². The summed E-state index contributed by atoms with van der Waals surface area (Å²) in [6.07, 6.45) is 4.98. The molecule has 7 heterocycles. The van der Waals surface area contributed by atoms with Gasteiger partial charge in [0.25, 0.3) is 0 Å². The van der Waals surface area contributed by atoms with Gasteiger partial charge < -0.3 is 9.47 Å². The number of sulfone groups is 1. The van der Waals surface area contributed by atoms with Crippen molar-refractivity contribution in [1.82, 2.24) is 9.80 Å². The van der Waals surface area contributed by atoms with Crippen LogP contribution in [0.3, 0.4) is 0 Å². The van der Waals surface area contributed by atoms with Gasteiger partial charge in [-0.25, -0.2) is 8.42 Å². The minimum absolute atomic E-state index is 0.151. The van der Waals surface area contributed by atoms with E-state index in [9.17, 15) is 8.42 Å². The molecule has 7 aliphatic heterocycles. The molecule has 0 aromatic heterocycles. The lowest BCUT2D eigenvalue weighted by atomic mass is 9.86. The summed E-state index contributed by atoms with van der Waals surface area (Å²) in [5, 5.41) is 0. The molecular weight excluding hydrogens is 436 g/mol. The zero-order chi connectivity index (χ0) is 22.2. The number of hydrogen-bond donors (Lipinski definition) is 0. The average molecular weight is 467 g/mol. The summed E-state index contributed by atoms with van der Waals surface area (Å²) in [6, 6.07) is 11.1. The fourth-order valence-corrected chi connectivity index (χ4v) is 8.31. The molecule has 6 nitrogen and oxygen atoms in total. The number of hydrogen-bond acceptors (Lipinski definition) is 6. The highest BCUT2D eigenvalue weighted by Crippen LogP contribution is 2.46. The molecule has 0 unspecified atom stereocenters. The number of rotatable bonds is 4. The first-order valence-corrected chi connectivity index (χ1v) is 13.8. The van der Waals surface area contributed by atoms with Gasteiger partial charge in [-0.15, -0.1) is 0 Å². The first kappa shape index (κ1) is 20.3. The molecule has 7 heteroatoms. The maximum Gasteiger partial charge on any atom is 0.208 e. The monoisotopic (exact) mass is 466 g/mol. The third-order valence-electron chi connectivity index (χ3n) is 8.54. The Balaban J connectivity index is 1.15. The van der Waals surface area contributed by atoms with Gasteiger partial charge in [0.05, 0.1) is 9.79 Å². The van der Waals surface area contributed by atoms with Crippen LogP contribution in [0.5, 0.6) is 11.5 Å². The van der Waals surface area contributed by atoms with Crippen LogP contribution >= 0.6 is 0 Å². The van der Waals surface area contributed by atoms with Crippen LogP contribution in [0.4, 0.5) is 0 Å². The first-order valence-electron chi connectivity index (χ1n) is 12.4. The van der Waals surface area contributed by atoms with Crippen LogP contribution < -0.4 is 9.47 Å². The van der Waals surface area contributed by atoms with Crippen molar-refractivity contribution in [3.8, 4) is 22.6 Å². The first-order chi connectivity index (χ1) is 16.0. The lowest BCUT2D eigenvalue weighted by Gasteiger charge is -2.44. The Hall–Kier alpha value is -2.09. The van der Waals surface area contributed by atoms with Crippen LogP contribution in [0, 0.1) is 11.8 Å². The summed E-state index contributed by atoms with van der Waals surface area (Å²) in [5.74, 6) is 2.46. The van der Waals surface area contributed by atoms with E-state index in [1.165, 1.54) is 25.7 Å². The van der Waals surface area contributed by atoms with Crippen molar-refractivity contribution in [3.05, 3.63) is 36.4 Å². The lowest BCUT2D eigenvalue weighted by molar-refractivity contribution is -0.00789. The molecule has 6 saturated heterocycles. The second-order valence-electron chi connectivity index (χ2n) is 10.4. The summed E-state index contributed by atoms with van der Waals surface area (Å²) < 4.78 is 39.6. The highest BCUT2D eigenvalue weighted by Gasteiger charge is 2.38. The molecule has 2 atom stereocenters. The summed E-state index contributed by atoms with van der Waals surface area (Å²) in [6.45, 7) is 6.50. The zero-order valence-electron chi connectivity index (χ0n) is 18.8. The maximum atomic E-state index is 13.5. The molecule has 0 saturated carbocycles. The van der Waals surface area contributed by atoms with Crippen LogP contribution in [-0.2, 0) is 9.84 Å². The van der Waals surface area contributed by atoms with Crippen molar-refractivity contribution in [2.75, 3.05) is 39.3 Å². The largest absolute Gasteiger partial charge is 0.489 e. The maximum absolute atomic E-state index is 13.5. The fourth-order valence-electron chi connectivity index (χ4n) is 6.60. The van der Waals surface area contributed by atoms with Gasteiger partial charge in [0.2, 0.25) is 9.84 Å². The van der Waals surface area contributed by atoms with E-state index in [-0.39, 0.29) is 12.2 Å². The van der Waals surface area contributed by atoms with E-state index in [4.69, 9.17) is 9.47 Å². The molecular formula is C26H30N2O4S. The molecule has 0 radical (unpaired) electrons. The van der Waals surface area contributed by atoms with E-state index in [0.717, 1.165) is 50.4 Å². The SMILES string of the molecule is O=S1(=O)c2cc(O[C@H]3CN4CCC3CC4)ccc2-c2ccc(O[C@H]3CN4CCC3CC4)cc21. The second-order valence-corrected chi connectivity index (χ2v) is 12.3. The number of nitrogens with zero attached hydrogens (tertiary/aromatic N) is 2. The van der Waals surface area contributed by atoms with Crippen molar-refractivity contribution >= 4 is 9.84 Å². The standard InChI is InChI=1S/C26H30N2O4S/c29-33(30)25-13-19(31-23-15-27-9-5-17(23)6-10-27)1-3-21(25)22-4-2-20(14-26(22)33)32-24-16-28-11-7-18(24)8-12-28/h1-4,13-14,17-18,23-24H,5-12,15-16H2/t23-,24-/m0/s1. The highest BCUT2D eigenvalue weighted by atomic mass is 32.2. The summed E-state index contributed by atoms with van der Waals surface area (Å²) >= 11 is 0. The van der Waals surface area contributed by atoms with Gasteiger partial charge in [-0.3, -0.25) is 9.80 Å². The zero-order valence-corrected chi connectivity index (χ0v) is 19.6. The van der Waals surface area contributed by atoms with Crippen molar-refractivity contribution in [2.45, 2.75) is 47.7 Å². The van der Waals surface area contributed by atoms with E-state index < -0.39 is 9.84 Å². The topological polar surface area (TPSA) is 59.1 Å². The summed E-state index contributed by atoms with van der Waals surface area (Å²) in [5.41, 5.74) is 1.53. The number of fused-ring (bicyclic) bond motifs is 9. The van der Waals surface area contributed by atoms with Gasteiger partial charge in [0.1, 0.15) is 23.7 Å². The minimum Gasteiger partial charge on any atom is -0.489 e. The van der Waals surface area contributed by atoms with Crippen molar-refractivity contribution in [1.29, 1.82) is 0 Å². The van der Waals surface area contributed by atoms with Gasteiger partial charge in [-0.05, 0) is 100 Å². The average Bonchev–Trinajstić information content (AvgIpc) is 3.07. The Morgan fingerprint density at radius 1 is 0.667 bits per heavy atom. The predicted octanol–water partition coefficient (Wildman–Crippen LogP) is 3.45. The van der Waals surface area contributed by atoms with Crippen molar-refractivity contribution in [3.63, 3.8) is 0 Å². The molecule has 0 aliphatic carbocycles. The molecule has 174 valence electrons. The molecule has 0 spiro atoms. The second kappa shape index (κ2) is 7.45. The summed E-state index contributed by atoms with van der Waals surface area (Å²) in [4.78, 5) is 5.61. The van der Waals surface area contributed by atoms with Crippen molar-refractivity contribution < 1.29 is 17.9 Å². The quantitative estimate of drug-likeness (QED) is 0.587. The molecule has 0 N–H and O–H groups in total. The van der Waals surface area contributed by atoms with Crippen LogP contribution in [0.2, 0.25) is 0 Å². The molecule has 33 heavy (non-hydrogen) atoms. The highest BCUT2D eigenvalue weighted by molar-refractivity contribution is 7.92. The summed E-state index contributed by atoms with van der Waals surface area (Å²) in [7, 11) is -3.59. The smallest absolute Gasteiger partial charge is 0.208 e. The van der Waals surface area contributed by atoms with E-state index >= 15 is 0 Å². The predicted molar refractivity (Wildman–Crippen MR) is 124 cm³/mol. The molecule has 6 fully saturated rings. The lowest BCUT2D eigenvalue weighted by Crippen LogP contribution is -2.52. The van der Waals surface area contributed by atoms with Crippen LogP contribution in [0.25, 0.3) is 11.1 Å². The Morgan fingerprint density at radius 3 is 1.45 bits per heavy atom. The number of piperidine rings is 6. The third-order valence-corrected chi connectivity index (χ3v) is 10.4. The molecule has 4 bridgehead atoms. The van der Waals surface area contributed by atoms with Gasteiger partial charge in [0, 0.05) is 24.2 Å². The Bertz CT molecular complexity index is 1110. The van der Waals surface area contributed by atoms with Crippen LogP contribution in [-0.4, -0.2) is 69.7 Å². The van der Waals surface area contributed by atoms with E-state index in [1.807, 2.05) is 24.3 Å². The fraction of sp³-hybridized carbons (Fsp3) is 0.538. The Kier molecular flexibility index (Phi) is 4.58. The van der Waals surface area contributed by atoms with Gasteiger partial charge in [-0.2, -0.15) is 0 Å². The molecule has 9 rings (SSSR count). The Labute approximate surface area is 195 Å². The molecule has 0 amide bonds. The van der Waals surface area contributed by atoms with Gasteiger partial charge in [-0.1, -0.05) is 0 Å². The molecule has 7 aliphatic rings. The van der Waals surface area contributed by atoms with Gasteiger partial charge >= 0.3 is 0 Å². The Morgan fingerprint density at radius 2 is 1.09 bits per heavy atom. The minimum atomic E-state index is -3.59.